The standard InChI is InChI=1S/C11H23N3O/c1-11(2,3)14-10(12)13-8-9-6-4-5-7-15-9/h9H,4-8H2,1-3H3,(H3,12,13,14). The minimum absolute atomic E-state index is 0.0268. The highest BCUT2D eigenvalue weighted by Gasteiger charge is 2.14. The fourth-order valence-electron chi connectivity index (χ4n) is 1.58. The molecule has 1 heterocycles. The van der Waals surface area contributed by atoms with E-state index in [9.17, 15) is 0 Å². The van der Waals surface area contributed by atoms with E-state index in [0.29, 0.717) is 12.5 Å². The van der Waals surface area contributed by atoms with Crippen LogP contribution in [0, 0.1) is 0 Å². The Morgan fingerprint density at radius 1 is 1.47 bits per heavy atom. The summed E-state index contributed by atoms with van der Waals surface area (Å²) < 4.78 is 5.57. The normalized spacial score (nSPS) is 23.9. The summed E-state index contributed by atoms with van der Waals surface area (Å²) in [6, 6.07) is 0. The average molecular weight is 213 g/mol. The molecule has 1 saturated heterocycles. The highest BCUT2D eigenvalue weighted by Crippen LogP contribution is 2.12. The van der Waals surface area contributed by atoms with Gasteiger partial charge in [0.15, 0.2) is 5.96 Å². The molecular formula is C11H23N3O. The number of rotatable bonds is 2. The molecule has 0 radical (unpaired) electrons. The van der Waals surface area contributed by atoms with Crippen LogP contribution < -0.4 is 11.1 Å². The summed E-state index contributed by atoms with van der Waals surface area (Å²) >= 11 is 0. The first kappa shape index (κ1) is 12.3. The quantitative estimate of drug-likeness (QED) is 0.536. The van der Waals surface area contributed by atoms with Crippen molar-refractivity contribution in [3.63, 3.8) is 0 Å². The lowest BCUT2D eigenvalue weighted by atomic mass is 10.1. The van der Waals surface area contributed by atoms with Crippen LogP contribution in [-0.2, 0) is 4.74 Å². The molecule has 0 bridgehead atoms. The second-order valence-electron chi connectivity index (χ2n) is 5.09. The molecule has 4 nitrogen and oxygen atoms in total. The molecule has 15 heavy (non-hydrogen) atoms. The van der Waals surface area contributed by atoms with Gasteiger partial charge in [0.05, 0.1) is 12.6 Å². The van der Waals surface area contributed by atoms with E-state index < -0.39 is 0 Å². The summed E-state index contributed by atoms with van der Waals surface area (Å²) in [7, 11) is 0. The molecule has 88 valence electrons. The van der Waals surface area contributed by atoms with Crippen molar-refractivity contribution in [2.45, 2.75) is 51.7 Å². The van der Waals surface area contributed by atoms with Gasteiger partial charge in [0.25, 0.3) is 0 Å². The van der Waals surface area contributed by atoms with E-state index in [1.165, 1.54) is 12.8 Å². The van der Waals surface area contributed by atoms with Gasteiger partial charge >= 0.3 is 0 Å². The van der Waals surface area contributed by atoms with Crippen molar-refractivity contribution in [1.82, 2.24) is 5.32 Å². The Morgan fingerprint density at radius 2 is 2.20 bits per heavy atom. The smallest absolute Gasteiger partial charge is 0.189 e. The molecule has 1 aliphatic rings. The largest absolute Gasteiger partial charge is 0.376 e. The number of nitrogens with two attached hydrogens (primary N) is 1. The lowest BCUT2D eigenvalue weighted by Gasteiger charge is -2.23. The van der Waals surface area contributed by atoms with Crippen LogP contribution >= 0.6 is 0 Å². The van der Waals surface area contributed by atoms with E-state index in [-0.39, 0.29) is 11.6 Å². The molecule has 1 unspecified atom stereocenters. The molecule has 1 rings (SSSR count). The summed E-state index contributed by atoms with van der Waals surface area (Å²) in [4.78, 5) is 4.29. The van der Waals surface area contributed by atoms with Crippen LogP contribution in [0.5, 0.6) is 0 Å². The molecule has 0 aromatic rings. The zero-order valence-electron chi connectivity index (χ0n) is 10.0. The van der Waals surface area contributed by atoms with Gasteiger partial charge in [-0.2, -0.15) is 0 Å². The van der Waals surface area contributed by atoms with Gasteiger partial charge in [0, 0.05) is 12.1 Å². The lowest BCUT2D eigenvalue weighted by Crippen LogP contribution is -2.45. The first-order valence-corrected chi connectivity index (χ1v) is 5.67. The Kier molecular flexibility index (Phi) is 4.39. The third-order valence-corrected chi connectivity index (χ3v) is 2.24. The van der Waals surface area contributed by atoms with E-state index >= 15 is 0 Å². The lowest BCUT2D eigenvalue weighted by molar-refractivity contribution is 0.0224. The Balaban J connectivity index is 2.29. The monoisotopic (exact) mass is 213 g/mol. The minimum atomic E-state index is -0.0268. The van der Waals surface area contributed by atoms with Gasteiger partial charge < -0.3 is 15.8 Å². The van der Waals surface area contributed by atoms with Crippen LogP contribution in [0.2, 0.25) is 0 Å². The summed E-state index contributed by atoms with van der Waals surface area (Å²) in [5, 5.41) is 3.13. The van der Waals surface area contributed by atoms with E-state index in [4.69, 9.17) is 10.5 Å². The Bertz CT molecular complexity index is 214. The van der Waals surface area contributed by atoms with E-state index in [1.807, 2.05) is 0 Å². The predicted octanol–water partition coefficient (Wildman–Crippen LogP) is 1.26. The molecule has 0 aromatic carbocycles. The molecule has 0 aromatic heterocycles. The number of nitrogens with zero attached hydrogens (tertiary/aromatic N) is 1. The number of hydrogen-bond acceptors (Lipinski definition) is 2. The molecule has 1 atom stereocenters. The van der Waals surface area contributed by atoms with Gasteiger partial charge in [0.2, 0.25) is 0 Å². The maximum atomic E-state index is 5.76. The minimum Gasteiger partial charge on any atom is -0.376 e. The Hall–Kier alpha value is -0.770. The third kappa shape index (κ3) is 5.62. The van der Waals surface area contributed by atoms with Gasteiger partial charge in [-0.25, -0.2) is 0 Å². The number of ether oxygens (including phenoxy) is 1. The van der Waals surface area contributed by atoms with Crippen molar-refractivity contribution < 1.29 is 4.74 Å². The van der Waals surface area contributed by atoms with Gasteiger partial charge in [0.1, 0.15) is 0 Å². The topological polar surface area (TPSA) is 59.6 Å². The van der Waals surface area contributed by atoms with Gasteiger partial charge in [-0.3, -0.25) is 4.99 Å². The van der Waals surface area contributed by atoms with Crippen molar-refractivity contribution in [2.75, 3.05) is 13.2 Å². The SMILES string of the molecule is CC(C)(C)NC(N)=NCC1CCCCO1. The van der Waals surface area contributed by atoms with Gasteiger partial charge in [-0.1, -0.05) is 0 Å². The third-order valence-electron chi connectivity index (χ3n) is 2.24. The summed E-state index contributed by atoms with van der Waals surface area (Å²) in [5.74, 6) is 0.511. The Morgan fingerprint density at radius 3 is 2.73 bits per heavy atom. The second kappa shape index (κ2) is 5.35. The molecule has 0 aliphatic carbocycles. The van der Waals surface area contributed by atoms with Crippen LogP contribution in [0.3, 0.4) is 0 Å². The van der Waals surface area contributed by atoms with Crippen LogP contribution in [0.4, 0.5) is 0 Å². The summed E-state index contributed by atoms with van der Waals surface area (Å²) in [5.41, 5.74) is 5.73. The number of guanidine groups is 1. The highest BCUT2D eigenvalue weighted by molar-refractivity contribution is 5.78. The van der Waals surface area contributed by atoms with Crippen LogP contribution in [0.15, 0.2) is 4.99 Å². The van der Waals surface area contributed by atoms with Crippen molar-refractivity contribution in [1.29, 1.82) is 0 Å². The van der Waals surface area contributed by atoms with Crippen LogP contribution in [-0.4, -0.2) is 30.8 Å². The molecule has 0 amide bonds. The number of hydrogen-bond donors (Lipinski definition) is 2. The van der Waals surface area contributed by atoms with Crippen molar-refractivity contribution in [3.8, 4) is 0 Å². The maximum absolute atomic E-state index is 5.76. The fourth-order valence-corrected chi connectivity index (χ4v) is 1.58. The van der Waals surface area contributed by atoms with Crippen LogP contribution in [0.25, 0.3) is 0 Å². The molecule has 1 aliphatic heterocycles. The van der Waals surface area contributed by atoms with E-state index in [1.54, 1.807) is 0 Å². The Labute approximate surface area is 92.3 Å². The van der Waals surface area contributed by atoms with E-state index in [2.05, 4.69) is 31.1 Å². The van der Waals surface area contributed by atoms with Crippen LogP contribution in [0.1, 0.15) is 40.0 Å². The summed E-state index contributed by atoms with van der Waals surface area (Å²) in [6.07, 6.45) is 3.79. The average Bonchev–Trinajstić information content (AvgIpc) is 2.14. The number of aliphatic imine (C=N–C) groups is 1. The predicted molar refractivity (Wildman–Crippen MR) is 63.0 cm³/mol. The molecule has 0 saturated carbocycles. The fraction of sp³-hybridized carbons (Fsp3) is 0.909. The first-order chi connectivity index (χ1) is 6.97. The maximum Gasteiger partial charge on any atom is 0.189 e. The summed E-state index contributed by atoms with van der Waals surface area (Å²) in [6.45, 7) is 7.73. The molecule has 1 fully saturated rings. The molecular weight excluding hydrogens is 190 g/mol. The zero-order chi connectivity index (χ0) is 11.3. The van der Waals surface area contributed by atoms with Crippen molar-refractivity contribution in [2.24, 2.45) is 10.7 Å². The molecule has 4 heteroatoms. The van der Waals surface area contributed by atoms with E-state index in [0.717, 1.165) is 13.0 Å². The highest BCUT2D eigenvalue weighted by atomic mass is 16.5. The molecule has 3 N–H and O–H groups in total. The van der Waals surface area contributed by atoms with Gasteiger partial charge in [-0.15, -0.1) is 0 Å². The molecule has 0 spiro atoms. The van der Waals surface area contributed by atoms with Crippen molar-refractivity contribution >= 4 is 5.96 Å². The first-order valence-electron chi connectivity index (χ1n) is 5.67. The van der Waals surface area contributed by atoms with Crippen molar-refractivity contribution in [3.05, 3.63) is 0 Å². The second-order valence-corrected chi connectivity index (χ2v) is 5.09. The zero-order valence-corrected chi connectivity index (χ0v) is 10.0. The van der Waals surface area contributed by atoms with Gasteiger partial charge in [-0.05, 0) is 40.0 Å². The number of nitrogens with one attached hydrogen (secondary N) is 1.